The second kappa shape index (κ2) is 7.59. The Hall–Kier alpha value is -3.74. The van der Waals surface area contributed by atoms with Crippen LogP contribution in [0.3, 0.4) is 0 Å². The molecule has 2 aromatic carbocycles. The zero-order valence-electron chi connectivity index (χ0n) is 16.4. The van der Waals surface area contributed by atoms with Gasteiger partial charge in [-0.3, -0.25) is 9.59 Å². The molecule has 7 nitrogen and oxygen atoms in total. The number of fused-ring (bicyclic) bond motifs is 1. The molecule has 0 atom stereocenters. The molecule has 0 spiro atoms. The van der Waals surface area contributed by atoms with E-state index in [9.17, 15) is 9.59 Å². The van der Waals surface area contributed by atoms with Crippen LogP contribution in [0.25, 0.3) is 27.8 Å². The number of likely N-dealkylation sites (tertiary alicyclic amines) is 1. The molecule has 1 aliphatic heterocycles. The van der Waals surface area contributed by atoms with Crippen molar-refractivity contribution in [1.82, 2.24) is 24.9 Å². The van der Waals surface area contributed by atoms with Crippen molar-refractivity contribution in [3.8, 4) is 16.9 Å². The van der Waals surface area contributed by atoms with Gasteiger partial charge in [0.2, 0.25) is 0 Å². The smallest absolute Gasteiger partial charge is 0.258 e. The molecule has 0 unspecified atom stereocenters. The summed E-state index contributed by atoms with van der Waals surface area (Å²) in [6, 6.07) is 16.8. The predicted octanol–water partition coefficient (Wildman–Crippen LogP) is 3.40. The molecular weight excluding hydrogens is 378 g/mol. The minimum Gasteiger partial charge on any atom is -0.339 e. The Kier molecular flexibility index (Phi) is 4.63. The van der Waals surface area contributed by atoms with Crippen molar-refractivity contribution in [3.63, 3.8) is 0 Å². The fourth-order valence-electron chi connectivity index (χ4n) is 3.89. The van der Waals surface area contributed by atoms with E-state index in [0.29, 0.717) is 16.8 Å². The number of aromatic amines is 1. The van der Waals surface area contributed by atoms with Gasteiger partial charge in [0.05, 0.1) is 17.4 Å². The third-order valence-corrected chi connectivity index (χ3v) is 5.54. The van der Waals surface area contributed by atoms with Crippen LogP contribution in [0.4, 0.5) is 0 Å². The van der Waals surface area contributed by atoms with Gasteiger partial charge in [0.1, 0.15) is 5.69 Å². The summed E-state index contributed by atoms with van der Waals surface area (Å²) in [6.07, 6.45) is 5.05. The maximum atomic E-state index is 12.6. The summed E-state index contributed by atoms with van der Waals surface area (Å²) in [6.45, 7) is 1.65. The van der Waals surface area contributed by atoms with Gasteiger partial charge in [-0.25, -0.2) is 4.68 Å². The molecule has 0 aliphatic carbocycles. The van der Waals surface area contributed by atoms with Crippen LogP contribution in [0, 0.1) is 0 Å². The number of piperidine rings is 1. The maximum absolute atomic E-state index is 12.6. The van der Waals surface area contributed by atoms with Gasteiger partial charge in [-0.05, 0) is 61.0 Å². The highest BCUT2D eigenvalue weighted by Gasteiger charge is 2.18. The molecule has 1 aliphatic rings. The summed E-state index contributed by atoms with van der Waals surface area (Å²) in [5, 5.41) is 9.28. The van der Waals surface area contributed by atoms with Crippen LogP contribution < -0.4 is 5.56 Å². The fourth-order valence-corrected chi connectivity index (χ4v) is 3.89. The lowest BCUT2D eigenvalue weighted by Gasteiger charge is -2.26. The van der Waals surface area contributed by atoms with Crippen LogP contribution in [-0.4, -0.2) is 43.9 Å². The first-order valence-electron chi connectivity index (χ1n) is 10.1. The first-order valence-corrected chi connectivity index (χ1v) is 10.1. The Labute approximate surface area is 173 Å². The first-order chi connectivity index (χ1) is 14.7. The molecule has 7 heteroatoms. The van der Waals surface area contributed by atoms with Gasteiger partial charge in [0, 0.05) is 24.2 Å². The molecule has 150 valence electrons. The largest absolute Gasteiger partial charge is 0.339 e. The van der Waals surface area contributed by atoms with Crippen molar-refractivity contribution in [2.75, 3.05) is 13.1 Å². The van der Waals surface area contributed by atoms with E-state index in [2.05, 4.69) is 15.3 Å². The zero-order chi connectivity index (χ0) is 20.5. The van der Waals surface area contributed by atoms with E-state index in [-0.39, 0.29) is 11.5 Å². The number of rotatable bonds is 3. The monoisotopic (exact) mass is 399 g/mol. The quantitative estimate of drug-likeness (QED) is 0.572. The summed E-state index contributed by atoms with van der Waals surface area (Å²) in [7, 11) is 0. The molecule has 1 N–H and O–H groups in total. The minimum atomic E-state index is -0.205. The molecule has 0 saturated carbocycles. The predicted molar refractivity (Wildman–Crippen MR) is 115 cm³/mol. The Bertz CT molecular complexity index is 1270. The van der Waals surface area contributed by atoms with E-state index in [0.717, 1.165) is 42.5 Å². The second-order valence-corrected chi connectivity index (χ2v) is 7.55. The molecule has 1 fully saturated rings. The summed E-state index contributed by atoms with van der Waals surface area (Å²) in [5.41, 5.74) is 3.00. The number of benzene rings is 2. The number of hydrogen-bond acceptors (Lipinski definition) is 4. The van der Waals surface area contributed by atoms with Gasteiger partial charge < -0.3 is 9.88 Å². The molecule has 1 saturated heterocycles. The molecule has 0 bridgehead atoms. The van der Waals surface area contributed by atoms with Gasteiger partial charge in [0.15, 0.2) is 0 Å². The third-order valence-electron chi connectivity index (χ3n) is 5.54. The van der Waals surface area contributed by atoms with Crippen LogP contribution in [0.1, 0.15) is 29.6 Å². The van der Waals surface area contributed by atoms with E-state index >= 15 is 0 Å². The number of nitrogens with one attached hydrogen (secondary N) is 1. The summed E-state index contributed by atoms with van der Waals surface area (Å²) in [4.78, 5) is 29.9. The molecular formula is C23H21N5O2. The van der Waals surface area contributed by atoms with Crippen molar-refractivity contribution in [1.29, 1.82) is 0 Å². The highest BCUT2D eigenvalue weighted by molar-refractivity contribution is 5.94. The molecule has 30 heavy (non-hydrogen) atoms. The Balaban J connectivity index is 1.41. The van der Waals surface area contributed by atoms with Crippen LogP contribution >= 0.6 is 0 Å². The van der Waals surface area contributed by atoms with Gasteiger partial charge in [-0.1, -0.05) is 23.4 Å². The number of nitrogens with zero attached hydrogens (tertiary/aromatic N) is 4. The second-order valence-electron chi connectivity index (χ2n) is 7.55. The van der Waals surface area contributed by atoms with Crippen molar-refractivity contribution >= 4 is 16.8 Å². The topological polar surface area (TPSA) is 83.9 Å². The van der Waals surface area contributed by atoms with Crippen LogP contribution in [-0.2, 0) is 0 Å². The average molecular weight is 399 g/mol. The van der Waals surface area contributed by atoms with Crippen molar-refractivity contribution in [2.24, 2.45) is 0 Å². The van der Waals surface area contributed by atoms with E-state index in [4.69, 9.17) is 0 Å². The molecule has 3 heterocycles. The van der Waals surface area contributed by atoms with Gasteiger partial charge in [0.25, 0.3) is 11.5 Å². The number of para-hydroxylation sites is 1. The Morgan fingerprint density at radius 3 is 2.53 bits per heavy atom. The standard InChI is InChI=1S/C23H21N5O2/c29-22-19(14-17-6-2-3-7-20(17)24-22)21-15-28(26-25-21)18-10-8-16(9-11-18)23(30)27-12-4-1-5-13-27/h2-3,6-11,14-15H,1,4-5,12-13H2,(H,24,29). The lowest BCUT2D eigenvalue weighted by Crippen LogP contribution is -2.35. The van der Waals surface area contributed by atoms with Crippen molar-refractivity contribution < 1.29 is 4.79 Å². The normalized spacial score (nSPS) is 14.2. The number of H-pyrrole nitrogens is 1. The van der Waals surface area contributed by atoms with Crippen molar-refractivity contribution in [2.45, 2.75) is 19.3 Å². The molecule has 4 aromatic rings. The number of carbonyl (C=O) groups is 1. The Morgan fingerprint density at radius 2 is 1.73 bits per heavy atom. The van der Waals surface area contributed by atoms with Gasteiger partial charge >= 0.3 is 0 Å². The van der Waals surface area contributed by atoms with E-state index in [1.807, 2.05) is 59.5 Å². The fraction of sp³-hybridized carbons (Fsp3) is 0.217. The van der Waals surface area contributed by atoms with E-state index in [1.54, 1.807) is 10.9 Å². The number of amides is 1. The highest BCUT2D eigenvalue weighted by atomic mass is 16.2. The maximum Gasteiger partial charge on any atom is 0.258 e. The van der Waals surface area contributed by atoms with Gasteiger partial charge in [-0.2, -0.15) is 0 Å². The number of carbonyl (C=O) groups excluding carboxylic acids is 1. The molecule has 1 amide bonds. The SMILES string of the molecule is O=C(c1ccc(-n2cc(-c3cc4ccccc4[nH]c3=O)nn2)cc1)N1CCCCC1. The number of hydrogen-bond donors (Lipinski definition) is 1. The molecule has 2 aromatic heterocycles. The van der Waals surface area contributed by atoms with Crippen LogP contribution in [0.15, 0.2) is 65.6 Å². The number of pyridine rings is 1. The third kappa shape index (κ3) is 3.39. The highest BCUT2D eigenvalue weighted by Crippen LogP contribution is 2.19. The molecule has 5 rings (SSSR count). The average Bonchev–Trinajstić information content (AvgIpc) is 3.29. The first kappa shape index (κ1) is 18.3. The lowest BCUT2D eigenvalue weighted by molar-refractivity contribution is 0.0724. The number of aromatic nitrogens is 4. The summed E-state index contributed by atoms with van der Waals surface area (Å²) < 4.78 is 1.61. The minimum absolute atomic E-state index is 0.0724. The van der Waals surface area contributed by atoms with Crippen LogP contribution in [0.2, 0.25) is 0 Å². The molecule has 0 radical (unpaired) electrons. The van der Waals surface area contributed by atoms with Gasteiger partial charge in [-0.15, -0.1) is 5.10 Å². The van der Waals surface area contributed by atoms with E-state index < -0.39 is 0 Å². The summed E-state index contributed by atoms with van der Waals surface area (Å²) in [5.74, 6) is 0.0724. The van der Waals surface area contributed by atoms with E-state index in [1.165, 1.54) is 6.42 Å². The zero-order valence-corrected chi connectivity index (χ0v) is 16.4. The van der Waals surface area contributed by atoms with Crippen molar-refractivity contribution in [3.05, 3.63) is 76.7 Å². The lowest BCUT2D eigenvalue weighted by atomic mass is 10.1. The van der Waals surface area contributed by atoms with Crippen LogP contribution in [0.5, 0.6) is 0 Å². The summed E-state index contributed by atoms with van der Waals surface area (Å²) >= 11 is 0. The Morgan fingerprint density at radius 1 is 0.967 bits per heavy atom.